The van der Waals surface area contributed by atoms with Crippen molar-refractivity contribution in [3.8, 4) is 5.88 Å². The summed E-state index contributed by atoms with van der Waals surface area (Å²) >= 11 is 0.991. The average molecular weight is 545 g/mol. The van der Waals surface area contributed by atoms with Crippen LogP contribution in [-0.4, -0.2) is 49.8 Å². The molecule has 0 atom stereocenters. The van der Waals surface area contributed by atoms with E-state index in [0.717, 1.165) is 22.3 Å². The highest BCUT2D eigenvalue weighted by molar-refractivity contribution is 14.0. The second-order valence-electron chi connectivity index (χ2n) is 5.54. The zero-order valence-corrected chi connectivity index (χ0v) is 19.1. The molecule has 0 amide bonds. The van der Waals surface area contributed by atoms with Crippen LogP contribution in [0.2, 0.25) is 0 Å². The van der Waals surface area contributed by atoms with Crippen molar-refractivity contribution in [1.29, 1.82) is 0 Å². The first-order valence-corrected chi connectivity index (χ1v) is 9.33. The number of nitrogens with zero attached hydrogens (tertiary/aromatic N) is 3. The van der Waals surface area contributed by atoms with Crippen molar-refractivity contribution in [1.82, 2.24) is 20.6 Å². The summed E-state index contributed by atoms with van der Waals surface area (Å²) in [6.45, 7) is 1.67. The number of thiazole rings is 1. The lowest BCUT2D eigenvalue weighted by Crippen LogP contribution is -2.38. The Morgan fingerprint density at radius 3 is 2.72 bits per heavy atom. The average Bonchev–Trinajstić information content (AvgIpc) is 3.15. The number of aliphatic imine (C=N–C) groups is 1. The number of hydrogen-bond acceptors (Lipinski definition) is 6. The van der Waals surface area contributed by atoms with Crippen molar-refractivity contribution in [2.45, 2.75) is 19.1 Å². The van der Waals surface area contributed by atoms with E-state index in [1.165, 1.54) is 0 Å². The lowest BCUT2D eigenvalue weighted by molar-refractivity contribution is -0.140. The molecule has 29 heavy (non-hydrogen) atoms. The van der Waals surface area contributed by atoms with Gasteiger partial charge < -0.3 is 20.1 Å². The molecule has 12 heteroatoms. The van der Waals surface area contributed by atoms with E-state index in [1.54, 1.807) is 26.4 Å². The van der Waals surface area contributed by atoms with Crippen molar-refractivity contribution in [2.75, 3.05) is 33.9 Å². The van der Waals surface area contributed by atoms with Crippen LogP contribution in [-0.2, 0) is 23.9 Å². The molecule has 0 aliphatic carbocycles. The fraction of sp³-hybridized carbons (Fsp3) is 0.471. The van der Waals surface area contributed by atoms with Crippen LogP contribution in [0, 0.1) is 0 Å². The fourth-order valence-electron chi connectivity index (χ4n) is 2.15. The Morgan fingerprint density at radius 1 is 1.28 bits per heavy atom. The predicted molar refractivity (Wildman–Crippen MR) is 116 cm³/mol. The van der Waals surface area contributed by atoms with Gasteiger partial charge in [0.1, 0.15) is 6.61 Å². The summed E-state index contributed by atoms with van der Waals surface area (Å²) in [7, 11) is 3.20. The van der Waals surface area contributed by atoms with E-state index >= 15 is 0 Å². The Balaban J connectivity index is 0.00000420. The number of guanidine groups is 1. The lowest BCUT2D eigenvalue weighted by Gasteiger charge is -2.13. The number of ether oxygens (including phenoxy) is 2. The van der Waals surface area contributed by atoms with Crippen LogP contribution in [0.1, 0.15) is 16.3 Å². The standard InChI is InChI=1S/C17H22F3N5O2S.HI/c1-21-16(23-7-5-14-25-13(11-28-14)17(18,19)20)24-10-12-4-3-6-22-15(12)27-9-8-26-2;/h3-4,6,11H,5,7-10H2,1-2H3,(H2,21,23,24);1H. The maximum absolute atomic E-state index is 12.6. The van der Waals surface area contributed by atoms with Crippen molar-refractivity contribution < 1.29 is 22.6 Å². The summed E-state index contributed by atoms with van der Waals surface area (Å²) in [6.07, 6.45) is -2.41. The highest BCUT2D eigenvalue weighted by Crippen LogP contribution is 2.30. The van der Waals surface area contributed by atoms with Crippen LogP contribution in [0.25, 0.3) is 0 Å². The Labute approximate surface area is 188 Å². The van der Waals surface area contributed by atoms with Gasteiger partial charge in [-0.15, -0.1) is 35.3 Å². The number of alkyl halides is 3. The lowest BCUT2D eigenvalue weighted by atomic mass is 10.2. The minimum Gasteiger partial charge on any atom is -0.475 e. The van der Waals surface area contributed by atoms with E-state index in [0.29, 0.717) is 49.6 Å². The molecule has 0 unspecified atom stereocenters. The molecule has 0 radical (unpaired) electrons. The molecule has 2 N–H and O–H groups in total. The summed E-state index contributed by atoms with van der Waals surface area (Å²) in [4.78, 5) is 11.9. The third-order valence-electron chi connectivity index (χ3n) is 3.52. The molecule has 0 aliphatic heterocycles. The Kier molecular flexibility index (Phi) is 11.2. The zero-order valence-electron chi connectivity index (χ0n) is 16.0. The Bertz CT molecular complexity index is 774. The molecule has 7 nitrogen and oxygen atoms in total. The van der Waals surface area contributed by atoms with Gasteiger partial charge in [0.05, 0.1) is 11.6 Å². The molecule has 2 rings (SSSR count). The minimum atomic E-state index is -4.41. The van der Waals surface area contributed by atoms with E-state index < -0.39 is 11.9 Å². The van der Waals surface area contributed by atoms with Gasteiger partial charge in [0.25, 0.3) is 0 Å². The SMILES string of the molecule is CN=C(NCCc1nc(C(F)(F)F)cs1)NCc1cccnc1OCCOC.I. The molecule has 162 valence electrons. The molecule has 2 aromatic rings. The number of pyridine rings is 1. The molecule has 0 fully saturated rings. The van der Waals surface area contributed by atoms with Gasteiger partial charge in [-0.05, 0) is 6.07 Å². The van der Waals surface area contributed by atoms with Crippen LogP contribution in [0.4, 0.5) is 13.2 Å². The first-order valence-electron chi connectivity index (χ1n) is 8.45. The van der Waals surface area contributed by atoms with Gasteiger partial charge in [-0.2, -0.15) is 13.2 Å². The summed E-state index contributed by atoms with van der Waals surface area (Å²) in [6, 6.07) is 3.68. The molecule has 0 saturated carbocycles. The van der Waals surface area contributed by atoms with Crippen molar-refractivity contribution in [2.24, 2.45) is 4.99 Å². The fourth-order valence-corrected chi connectivity index (χ4v) is 2.96. The molecule has 0 aromatic carbocycles. The van der Waals surface area contributed by atoms with Crippen LogP contribution in [0.15, 0.2) is 28.7 Å². The molecule has 2 aromatic heterocycles. The van der Waals surface area contributed by atoms with E-state index in [4.69, 9.17) is 9.47 Å². The number of hydrogen-bond donors (Lipinski definition) is 2. The molecule has 0 aliphatic rings. The summed E-state index contributed by atoms with van der Waals surface area (Å²) in [5, 5.41) is 7.61. The minimum absolute atomic E-state index is 0. The summed E-state index contributed by atoms with van der Waals surface area (Å²) in [5.74, 6) is 1.02. The summed E-state index contributed by atoms with van der Waals surface area (Å²) < 4.78 is 48.3. The second-order valence-corrected chi connectivity index (χ2v) is 6.48. The van der Waals surface area contributed by atoms with Crippen LogP contribution in [0.3, 0.4) is 0 Å². The van der Waals surface area contributed by atoms with Crippen molar-refractivity contribution in [3.63, 3.8) is 0 Å². The van der Waals surface area contributed by atoms with E-state index in [9.17, 15) is 13.2 Å². The number of rotatable bonds is 9. The monoisotopic (exact) mass is 545 g/mol. The molecule has 2 heterocycles. The largest absolute Gasteiger partial charge is 0.475 e. The van der Waals surface area contributed by atoms with Gasteiger partial charge in [0.15, 0.2) is 11.7 Å². The molecular formula is C17H23F3IN5O2S. The van der Waals surface area contributed by atoms with Crippen molar-refractivity contribution in [3.05, 3.63) is 40.0 Å². The van der Waals surface area contributed by atoms with E-state index in [2.05, 4.69) is 25.6 Å². The first-order chi connectivity index (χ1) is 13.4. The number of aromatic nitrogens is 2. The third-order valence-corrected chi connectivity index (χ3v) is 4.43. The van der Waals surface area contributed by atoms with Gasteiger partial charge in [-0.1, -0.05) is 6.07 Å². The zero-order chi connectivity index (χ0) is 20.4. The Hall–Kier alpha value is -1.67. The third kappa shape index (κ3) is 8.70. The molecule has 0 bridgehead atoms. The van der Waals surface area contributed by atoms with Crippen LogP contribution in [0.5, 0.6) is 5.88 Å². The van der Waals surface area contributed by atoms with Gasteiger partial charge in [0.2, 0.25) is 5.88 Å². The molecule has 0 saturated heterocycles. The van der Waals surface area contributed by atoms with Crippen LogP contribution < -0.4 is 15.4 Å². The van der Waals surface area contributed by atoms with Gasteiger partial charge >= 0.3 is 6.18 Å². The number of nitrogens with one attached hydrogen (secondary N) is 2. The maximum Gasteiger partial charge on any atom is 0.434 e. The second kappa shape index (κ2) is 12.8. The van der Waals surface area contributed by atoms with Gasteiger partial charge in [-0.3, -0.25) is 4.99 Å². The molecular weight excluding hydrogens is 522 g/mol. The maximum atomic E-state index is 12.6. The highest BCUT2D eigenvalue weighted by Gasteiger charge is 2.33. The van der Waals surface area contributed by atoms with Gasteiger partial charge in [0, 0.05) is 50.8 Å². The normalized spacial score (nSPS) is 11.7. The van der Waals surface area contributed by atoms with Crippen molar-refractivity contribution >= 4 is 41.3 Å². The first kappa shape index (κ1) is 25.4. The van der Waals surface area contributed by atoms with E-state index in [1.807, 2.05) is 6.07 Å². The predicted octanol–water partition coefficient (Wildman–Crippen LogP) is 3.11. The number of halogens is 4. The van der Waals surface area contributed by atoms with Gasteiger partial charge in [-0.25, -0.2) is 9.97 Å². The molecule has 0 spiro atoms. The quantitative estimate of drug-likeness (QED) is 0.218. The number of methoxy groups -OCH3 is 1. The highest BCUT2D eigenvalue weighted by atomic mass is 127. The smallest absolute Gasteiger partial charge is 0.434 e. The Morgan fingerprint density at radius 2 is 2.07 bits per heavy atom. The van der Waals surface area contributed by atoms with E-state index in [-0.39, 0.29) is 24.0 Å². The topological polar surface area (TPSA) is 80.7 Å². The van der Waals surface area contributed by atoms with Crippen LogP contribution >= 0.6 is 35.3 Å². The summed E-state index contributed by atoms with van der Waals surface area (Å²) in [5.41, 5.74) is -0.0103.